The Kier molecular flexibility index (Phi) is 9.12. The molecule has 1 aliphatic heterocycles. The highest BCUT2D eigenvalue weighted by atomic mass is 35.5. The fourth-order valence-electron chi connectivity index (χ4n) is 4.66. The molecule has 4 rings (SSSR count). The monoisotopic (exact) mass is 542 g/mol. The van der Waals surface area contributed by atoms with Crippen molar-refractivity contribution >= 4 is 23.2 Å². The van der Waals surface area contributed by atoms with E-state index in [1.54, 1.807) is 6.20 Å². The van der Waals surface area contributed by atoms with Gasteiger partial charge in [0.1, 0.15) is 11.6 Å². The highest BCUT2D eigenvalue weighted by molar-refractivity contribution is 6.33. The molecule has 8 nitrogen and oxygen atoms in total. The second kappa shape index (κ2) is 12.1. The third kappa shape index (κ3) is 7.90. The molecule has 2 aromatic heterocycles. The van der Waals surface area contributed by atoms with E-state index in [0.29, 0.717) is 55.0 Å². The number of alkyl halides is 3. The maximum atomic E-state index is 12.5. The van der Waals surface area contributed by atoms with Crippen LogP contribution in [0.3, 0.4) is 0 Å². The summed E-state index contributed by atoms with van der Waals surface area (Å²) in [7, 11) is 0. The number of hydrogen-bond donors (Lipinski definition) is 5. The Morgan fingerprint density at radius 2 is 1.84 bits per heavy atom. The summed E-state index contributed by atoms with van der Waals surface area (Å²) >= 11 is 6.46. The maximum Gasteiger partial charge on any atom is 0.415 e. The molecule has 2 fully saturated rings. The number of aliphatic hydroxyl groups excluding tert-OH is 1. The third-order valence-electron chi connectivity index (χ3n) is 7.05. The number of rotatable bonds is 9. The van der Waals surface area contributed by atoms with Crippen LogP contribution in [0.5, 0.6) is 0 Å². The average Bonchev–Trinajstić information content (AvgIpc) is 2.88. The summed E-state index contributed by atoms with van der Waals surface area (Å²) < 4.78 is 42.9. The largest absolute Gasteiger partial charge is 0.415 e. The molecule has 1 saturated carbocycles. The lowest BCUT2D eigenvalue weighted by atomic mass is 9.91. The van der Waals surface area contributed by atoms with Crippen molar-refractivity contribution in [3.63, 3.8) is 0 Å². The molecule has 37 heavy (non-hydrogen) atoms. The number of nitrogens with one attached hydrogen (secondary N) is 3. The minimum atomic E-state index is -4.61. The van der Waals surface area contributed by atoms with Crippen molar-refractivity contribution in [2.45, 2.75) is 68.4 Å². The lowest BCUT2D eigenvalue weighted by Crippen LogP contribution is -2.50. The Morgan fingerprint density at radius 3 is 2.54 bits per heavy atom. The van der Waals surface area contributed by atoms with Crippen LogP contribution in [0.15, 0.2) is 30.5 Å². The summed E-state index contributed by atoms with van der Waals surface area (Å²) in [4.78, 5) is 9.13. The van der Waals surface area contributed by atoms with Crippen molar-refractivity contribution in [1.82, 2.24) is 15.3 Å². The fraction of sp³-hybridized carbons (Fsp3) is 0.600. The van der Waals surface area contributed by atoms with E-state index in [-0.39, 0.29) is 17.6 Å². The maximum absolute atomic E-state index is 12.5. The first-order valence-corrected chi connectivity index (χ1v) is 13.0. The van der Waals surface area contributed by atoms with E-state index in [1.807, 2.05) is 24.3 Å². The van der Waals surface area contributed by atoms with Gasteiger partial charge in [-0.1, -0.05) is 17.7 Å². The molecule has 0 bridgehead atoms. The van der Waals surface area contributed by atoms with Crippen LogP contribution in [0.25, 0.3) is 11.3 Å². The first-order valence-electron chi connectivity index (χ1n) is 12.6. The topological polar surface area (TPSA) is 117 Å². The molecule has 0 spiro atoms. The average molecular weight is 543 g/mol. The van der Waals surface area contributed by atoms with Crippen LogP contribution in [0.4, 0.5) is 24.8 Å². The molecule has 1 aliphatic carbocycles. The molecule has 0 radical (unpaired) electrons. The smallest absolute Gasteiger partial charge is 0.382 e. The van der Waals surface area contributed by atoms with Gasteiger partial charge in [0, 0.05) is 55.7 Å². The lowest BCUT2D eigenvalue weighted by Gasteiger charge is -2.33. The first-order chi connectivity index (χ1) is 17.6. The zero-order chi connectivity index (χ0) is 26.5. The van der Waals surface area contributed by atoms with Gasteiger partial charge >= 0.3 is 6.18 Å². The minimum Gasteiger partial charge on any atom is -0.382 e. The van der Waals surface area contributed by atoms with Gasteiger partial charge in [0.2, 0.25) is 0 Å². The van der Waals surface area contributed by atoms with Crippen LogP contribution in [-0.4, -0.2) is 71.3 Å². The van der Waals surface area contributed by atoms with Gasteiger partial charge in [-0.25, -0.2) is 9.97 Å². The molecule has 1 saturated heterocycles. The summed E-state index contributed by atoms with van der Waals surface area (Å²) in [5.41, 5.74) is 7.60. The molecule has 2 aliphatic rings. The minimum absolute atomic E-state index is 0.0583. The SMILES string of the molecule is NC1(CNc2cccc(-c3cc(NC4CCC(NC[C@H](O)C(F)(F)F)CC4)ncc3Cl)n2)CCOCC1. The van der Waals surface area contributed by atoms with Gasteiger partial charge in [0.25, 0.3) is 0 Å². The van der Waals surface area contributed by atoms with Gasteiger partial charge < -0.3 is 31.5 Å². The van der Waals surface area contributed by atoms with E-state index < -0.39 is 18.8 Å². The number of halogens is 4. The number of nitrogens with two attached hydrogens (primary N) is 1. The van der Waals surface area contributed by atoms with Gasteiger partial charge in [-0.15, -0.1) is 0 Å². The molecule has 0 amide bonds. The lowest BCUT2D eigenvalue weighted by molar-refractivity contribution is -0.202. The second-order valence-corrected chi connectivity index (χ2v) is 10.4. The Hall–Kier alpha value is -2.18. The molecule has 2 aromatic rings. The molecular formula is C25H34ClF3N6O2. The number of aliphatic hydroxyl groups is 1. The molecule has 0 aromatic carbocycles. The van der Waals surface area contributed by atoms with Gasteiger partial charge in [-0.2, -0.15) is 13.2 Å². The van der Waals surface area contributed by atoms with Crippen molar-refractivity contribution in [3.8, 4) is 11.3 Å². The predicted molar refractivity (Wildman–Crippen MR) is 138 cm³/mol. The highest BCUT2D eigenvalue weighted by Gasteiger charge is 2.38. The Bertz CT molecular complexity index is 1030. The quantitative estimate of drug-likeness (QED) is 0.323. The number of ether oxygens (including phenoxy) is 1. The standard InChI is InChI=1S/C25H34ClF3N6O2/c26-19-13-32-23(34-17-6-4-16(5-7-17)31-14-21(36)25(27,28)29)12-18(19)20-2-1-3-22(35-20)33-15-24(30)8-10-37-11-9-24/h1-3,12-13,16-17,21,31,36H,4-11,14-15,30H2,(H,32,34)(H,33,35)/t16?,17?,21-/m0/s1. The van der Waals surface area contributed by atoms with E-state index in [0.717, 1.165) is 31.2 Å². The fourth-order valence-corrected chi connectivity index (χ4v) is 4.86. The first kappa shape index (κ1) is 27.8. The Morgan fingerprint density at radius 1 is 1.14 bits per heavy atom. The van der Waals surface area contributed by atoms with Crippen molar-refractivity contribution < 1.29 is 23.0 Å². The summed E-state index contributed by atoms with van der Waals surface area (Å²) in [6, 6.07) is 7.62. The molecule has 0 unspecified atom stereocenters. The summed E-state index contributed by atoms with van der Waals surface area (Å²) in [6.45, 7) is 1.42. The molecule has 204 valence electrons. The summed E-state index contributed by atoms with van der Waals surface area (Å²) in [5, 5.41) is 19.3. The molecule has 6 N–H and O–H groups in total. The Labute approximate surface area is 219 Å². The zero-order valence-electron chi connectivity index (χ0n) is 20.5. The predicted octanol–water partition coefficient (Wildman–Crippen LogP) is 3.95. The van der Waals surface area contributed by atoms with Crippen LogP contribution < -0.4 is 21.7 Å². The molecule has 3 heterocycles. The van der Waals surface area contributed by atoms with Crippen LogP contribution in [0, 0.1) is 0 Å². The van der Waals surface area contributed by atoms with E-state index in [4.69, 9.17) is 27.1 Å². The zero-order valence-corrected chi connectivity index (χ0v) is 21.3. The van der Waals surface area contributed by atoms with Gasteiger partial charge in [-0.05, 0) is 56.7 Å². The summed E-state index contributed by atoms with van der Waals surface area (Å²) in [6.07, 6.45) is -0.849. The number of aromatic nitrogens is 2. The second-order valence-electron chi connectivity index (χ2n) is 9.94. The number of pyridine rings is 2. The number of hydrogen-bond acceptors (Lipinski definition) is 8. The normalized spacial score (nSPS) is 22.9. The Balaban J connectivity index is 1.33. The van der Waals surface area contributed by atoms with Crippen molar-refractivity contribution in [2.24, 2.45) is 5.73 Å². The van der Waals surface area contributed by atoms with Gasteiger partial charge in [-0.3, -0.25) is 0 Å². The van der Waals surface area contributed by atoms with Crippen LogP contribution >= 0.6 is 11.6 Å². The molecule has 12 heteroatoms. The summed E-state index contributed by atoms with van der Waals surface area (Å²) in [5.74, 6) is 1.37. The molecular weight excluding hydrogens is 509 g/mol. The third-order valence-corrected chi connectivity index (χ3v) is 7.35. The van der Waals surface area contributed by atoms with Crippen molar-refractivity contribution in [3.05, 3.63) is 35.5 Å². The van der Waals surface area contributed by atoms with Crippen molar-refractivity contribution in [2.75, 3.05) is 36.9 Å². The highest BCUT2D eigenvalue weighted by Crippen LogP contribution is 2.30. The number of anilines is 2. The van der Waals surface area contributed by atoms with Crippen LogP contribution in [-0.2, 0) is 4.74 Å². The van der Waals surface area contributed by atoms with Crippen LogP contribution in [0.1, 0.15) is 38.5 Å². The molecule has 1 atom stereocenters. The number of nitrogens with zero attached hydrogens (tertiary/aromatic N) is 2. The van der Waals surface area contributed by atoms with E-state index in [1.165, 1.54) is 0 Å². The van der Waals surface area contributed by atoms with Crippen LogP contribution in [0.2, 0.25) is 5.02 Å². The van der Waals surface area contributed by atoms with Gasteiger partial charge in [0.15, 0.2) is 6.10 Å². The van der Waals surface area contributed by atoms with E-state index >= 15 is 0 Å². The van der Waals surface area contributed by atoms with Gasteiger partial charge in [0.05, 0.1) is 10.7 Å². The van der Waals surface area contributed by atoms with E-state index in [9.17, 15) is 18.3 Å². The van der Waals surface area contributed by atoms with E-state index in [2.05, 4.69) is 20.9 Å². The van der Waals surface area contributed by atoms with Crippen molar-refractivity contribution in [1.29, 1.82) is 0 Å².